The number of aromatic nitrogens is 3. The quantitative estimate of drug-likeness (QED) is 0.345. The van der Waals surface area contributed by atoms with Gasteiger partial charge in [0.05, 0.1) is 31.8 Å². The number of hydrogen-bond donors (Lipinski definition) is 2. The van der Waals surface area contributed by atoms with E-state index in [1.165, 1.54) is 0 Å². The van der Waals surface area contributed by atoms with E-state index in [-0.39, 0.29) is 5.91 Å². The number of imidazole rings is 1. The molecule has 8 nitrogen and oxygen atoms in total. The maximum atomic E-state index is 12.4. The molecular formula is C28H31N5O3. The smallest absolute Gasteiger partial charge is 0.251 e. The zero-order valence-corrected chi connectivity index (χ0v) is 21.0. The van der Waals surface area contributed by atoms with Crippen molar-refractivity contribution in [3.63, 3.8) is 0 Å². The van der Waals surface area contributed by atoms with Crippen molar-refractivity contribution in [2.45, 2.75) is 32.7 Å². The van der Waals surface area contributed by atoms with Gasteiger partial charge in [0.1, 0.15) is 0 Å². The third-order valence-corrected chi connectivity index (χ3v) is 6.20. The van der Waals surface area contributed by atoms with Crippen molar-refractivity contribution in [2.24, 2.45) is 5.92 Å². The maximum absolute atomic E-state index is 12.4. The van der Waals surface area contributed by atoms with Crippen LogP contribution in [0, 0.1) is 5.92 Å². The molecule has 5 rings (SSSR count). The number of carbonyl (C=O) groups excluding carboxylic acids is 1. The monoisotopic (exact) mass is 485 g/mol. The summed E-state index contributed by atoms with van der Waals surface area (Å²) in [5.41, 5.74) is 4.78. The van der Waals surface area contributed by atoms with Gasteiger partial charge < -0.3 is 20.1 Å². The number of para-hydroxylation sites is 1. The lowest BCUT2D eigenvalue weighted by atomic mass is 10.1. The van der Waals surface area contributed by atoms with Gasteiger partial charge >= 0.3 is 0 Å². The van der Waals surface area contributed by atoms with Crippen LogP contribution < -0.4 is 20.1 Å². The van der Waals surface area contributed by atoms with E-state index in [4.69, 9.17) is 19.4 Å². The van der Waals surface area contributed by atoms with Crippen molar-refractivity contribution >= 4 is 17.4 Å². The van der Waals surface area contributed by atoms with Crippen LogP contribution in [0.4, 0.5) is 5.82 Å². The second-order valence-electron chi connectivity index (χ2n) is 9.45. The molecule has 186 valence electrons. The van der Waals surface area contributed by atoms with Crippen LogP contribution in [0.15, 0.2) is 54.9 Å². The molecule has 1 aliphatic carbocycles. The molecule has 2 N–H and O–H groups in total. The van der Waals surface area contributed by atoms with Gasteiger partial charge in [0.2, 0.25) is 0 Å². The molecule has 1 amide bonds. The molecule has 0 unspecified atom stereocenters. The van der Waals surface area contributed by atoms with E-state index >= 15 is 0 Å². The van der Waals surface area contributed by atoms with E-state index in [9.17, 15) is 4.79 Å². The molecule has 0 atom stereocenters. The maximum Gasteiger partial charge on any atom is 0.251 e. The fraction of sp³-hybridized carbons (Fsp3) is 0.321. The minimum absolute atomic E-state index is 0.0287. The van der Waals surface area contributed by atoms with Gasteiger partial charge in [-0.1, -0.05) is 32.0 Å². The Balaban J connectivity index is 1.59. The van der Waals surface area contributed by atoms with E-state index in [2.05, 4.69) is 24.5 Å². The molecule has 1 fully saturated rings. The molecule has 4 aromatic rings. The molecule has 0 spiro atoms. The Morgan fingerprint density at radius 1 is 1.11 bits per heavy atom. The van der Waals surface area contributed by atoms with Crippen molar-refractivity contribution in [3.05, 3.63) is 60.4 Å². The van der Waals surface area contributed by atoms with Crippen LogP contribution in [-0.4, -0.2) is 47.1 Å². The number of benzene rings is 2. The topological polar surface area (TPSA) is 89.8 Å². The van der Waals surface area contributed by atoms with E-state index in [0.29, 0.717) is 34.8 Å². The normalized spacial score (nSPS) is 13.1. The molecule has 2 aromatic heterocycles. The summed E-state index contributed by atoms with van der Waals surface area (Å²) >= 11 is 0. The predicted molar refractivity (Wildman–Crippen MR) is 141 cm³/mol. The fourth-order valence-electron chi connectivity index (χ4n) is 4.13. The van der Waals surface area contributed by atoms with Crippen LogP contribution in [0.3, 0.4) is 0 Å². The van der Waals surface area contributed by atoms with Crippen molar-refractivity contribution < 1.29 is 14.3 Å². The highest BCUT2D eigenvalue weighted by Crippen LogP contribution is 2.38. The number of hydrogen-bond acceptors (Lipinski definition) is 6. The Morgan fingerprint density at radius 3 is 2.56 bits per heavy atom. The van der Waals surface area contributed by atoms with Gasteiger partial charge in [-0.05, 0) is 43.0 Å². The van der Waals surface area contributed by atoms with Crippen LogP contribution in [0.2, 0.25) is 0 Å². The van der Waals surface area contributed by atoms with Gasteiger partial charge in [-0.3, -0.25) is 9.20 Å². The van der Waals surface area contributed by atoms with Gasteiger partial charge in [-0.25, -0.2) is 9.97 Å². The largest absolute Gasteiger partial charge is 0.493 e. The second-order valence-corrected chi connectivity index (χ2v) is 9.45. The van der Waals surface area contributed by atoms with E-state index in [1.54, 1.807) is 14.2 Å². The number of fused-ring (bicyclic) bond motifs is 1. The molecule has 0 bridgehead atoms. The van der Waals surface area contributed by atoms with Crippen LogP contribution in [0.25, 0.3) is 28.2 Å². The summed E-state index contributed by atoms with van der Waals surface area (Å²) in [5, 5.41) is 6.49. The molecule has 0 aliphatic heterocycles. The number of amides is 1. The Hall–Kier alpha value is -4.07. The van der Waals surface area contributed by atoms with E-state index in [0.717, 1.165) is 47.5 Å². The highest BCUT2D eigenvalue weighted by Gasteiger charge is 2.24. The molecule has 2 aromatic carbocycles. The lowest BCUT2D eigenvalue weighted by Gasteiger charge is -2.15. The van der Waals surface area contributed by atoms with E-state index in [1.807, 2.05) is 59.3 Å². The summed E-state index contributed by atoms with van der Waals surface area (Å²) in [5.74, 6) is 2.36. The molecule has 8 heteroatoms. The number of nitrogens with one attached hydrogen (secondary N) is 2. The SMILES string of the molecule is COc1cccc(-c2cn3c(-c4ccc(C(=O)NC5CC5)cc4)cnc3c(NCC(C)C)n2)c1OC. The third kappa shape index (κ3) is 4.71. The Morgan fingerprint density at radius 2 is 1.89 bits per heavy atom. The lowest BCUT2D eigenvalue weighted by molar-refractivity contribution is 0.0951. The fourth-order valence-corrected chi connectivity index (χ4v) is 4.13. The van der Waals surface area contributed by atoms with Crippen molar-refractivity contribution in [2.75, 3.05) is 26.1 Å². The minimum Gasteiger partial charge on any atom is -0.493 e. The van der Waals surface area contributed by atoms with Crippen molar-refractivity contribution in [1.82, 2.24) is 19.7 Å². The first-order valence-electron chi connectivity index (χ1n) is 12.2. The summed E-state index contributed by atoms with van der Waals surface area (Å²) in [6.07, 6.45) is 5.92. The summed E-state index contributed by atoms with van der Waals surface area (Å²) < 4.78 is 13.2. The standard InChI is InChI=1S/C28H31N5O3/c1-17(2)14-29-26-27-30-15-23(18-8-10-19(11-9-18)28(34)31-20-12-13-20)33(27)16-22(32-26)21-6-5-7-24(35-3)25(21)36-4/h5-11,15-17,20H,12-14H2,1-4H3,(H,29,32)(H,31,34). The molecule has 0 saturated heterocycles. The van der Waals surface area contributed by atoms with Crippen LogP contribution in [0.5, 0.6) is 11.5 Å². The third-order valence-electron chi connectivity index (χ3n) is 6.20. The molecule has 1 aliphatic rings. The van der Waals surface area contributed by atoms with Crippen LogP contribution in [-0.2, 0) is 0 Å². The summed E-state index contributed by atoms with van der Waals surface area (Å²) in [6.45, 7) is 5.06. The number of rotatable bonds is 9. The zero-order chi connectivity index (χ0) is 25.2. The first kappa shape index (κ1) is 23.7. The minimum atomic E-state index is -0.0287. The molecule has 2 heterocycles. The number of methoxy groups -OCH3 is 2. The summed E-state index contributed by atoms with van der Waals surface area (Å²) in [6, 6.07) is 13.7. The zero-order valence-electron chi connectivity index (χ0n) is 21.0. The van der Waals surface area contributed by atoms with Gasteiger partial charge in [0.25, 0.3) is 5.91 Å². The Kier molecular flexibility index (Phi) is 6.50. The molecule has 1 saturated carbocycles. The number of ether oxygens (including phenoxy) is 2. The first-order chi connectivity index (χ1) is 17.5. The second kappa shape index (κ2) is 9.89. The predicted octanol–water partition coefficient (Wildman–Crippen LogP) is 5.04. The first-order valence-corrected chi connectivity index (χ1v) is 12.2. The van der Waals surface area contributed by atoms with Crippen molar-refractivity contribution in [3.8, 4) is 34.0 Å². The van der Waals surface area contributed by atoms with Gasteiger partial charge in [-0.2, -0.15) is 0 Å². The summed E-state index contributed by atoms with van der Waals surface area (Å²) in [7, 11) is 3.25. The number of carbonyl (C=O) groups is 1. The molecule has 0 radical (unpaired) electrons. The van der Waals surface area contributed by atoms with Crippen LogP contribution in [0.1, 0.15) is 37.0 Å². The lowest BCUT2D eigenvalue weighted by Crippen LogP contribution is -2.25. The van der Waals surface area contributed by atoms with Gasteiger partial charge in [0, 0.05) is 35.5 Å². The average Bonchev–Trinajstić information content (AvgIpc) is 3.61. The average molecular weight is 486 g/mol. The Labute approximate surface area is 210 Å². The van der Waals surface area contributed by atoms with Gasteiger partial charge in [0.15, 0.2) is 23.0 Å². The van der Waals surface area contributed by atoms with Crippen LogP contribution >= 0.6 is 0 Å². The number of nitrogens with zero attached hydrogens (tertiary/aromatic N) is 3. The van der Waals surface area contributed by atoms with E-state index < -0.39 is 0 Å². The van der Waals surface area contributed by atoms with Gasteiger partial charge in [-0.15, -0.1) is 0 Å². The number of anilines is 1. The molecular weight excluding hydrogens is 454 g/mol. The molecule has 36 heavy (non-hydrogen) atoms. The summed E-state index contributed by atoms with van der Waals surface area (Å²) in [4.78, 5) is 22.0. The highest BCUT2D eigenvalue weighted by atomic mass is 16.5. The van der Waals surface area contributed by atoms with Crippen molar-refractivity contribution in [1.29, 1.82) is 0 Å². The highest BCUT2D eigenvalue weighted by molar-refractivity contribution is 5.95. The Bertz CT molecular complexity index is 1390.